The van der Waals surface area contributed by atoms with Gasteiger partial charge in [0, 0.05) is 17.6 Å². The molecule has 1 atom stereocenters. The van der Waals surface area contributed by atoms with Crippen molar-refractivity contribution in [1.82, 2.24) is 4.90 Å². The molecule has 1 fully saturated rings. The Hall–Kier alpha value is -0.650. The summed E-state index contributed by atoms with van der Waals surface area (Å²) in [4.78, 5) is 14.3. The molecule has 6 heteroatoms. The molecule has 1 aliphatic heterocycles. The van der Waals surface area contributed by atoms with Crippen molar-refractivity contribution in [1.29, 1.82) is 0 Å². The van der Waals surface area contributed by atoms with Crippen molar-refractivity contribution in [2.75, 3.05) is 19.6 Å². The van der Waals surface area contributed by atoms with E-state index in [0.29, 0.717) is 22.5 Å². The molecule has 112 valence electrons. The van der Waals surface area contributed by atoms with Crippen LogP contribution in [0.25, 0.3) is 0 Å². The number of benzene rings is 1. The number of carbonyl (C=O) groups is 1. The molecule has 1 unspecified atom stereocenters. The number of carbonyl (C=O) groups excluding carboxylic acids is 1. The van der Waals surface area contributed by atoms with Gasteiger partial charge in [-0.05, 0) is 65.9 Å². The third-order valence-corrected chi connectivity index (χ3v) is 4.20. The Morgan fingerprint density at radius 3 is 2.90 bits per heavy atom. The van der Waals surface area contributed by atoms with Crippen LogP contribution in [0.1, 0.15) is 29.6 Å². The van der Waals surface area contributed by atoms with Gasteiger partial charge in [0.2, 0.25) is 0 Å². The normalized spacial score (nSPS) is 18.6. The van der Waals surface area contributed by atoms with Gasteiger partial charge in [-0.25, -0.2) is 4.39 Å². The van der Waals surface area contributed by atoms with Crippen molar-refractivity contribution in [2.45, 2.75) is 19.3 Å². The predicted molar refractivity (Wildman–Crippen MR) is 83.6 cm³/mol. The Kier molecular flexibility index (Phi) is 6.92. The number of rotatable bonds is 3. The molecule has 1 amide bonds. The molecule has 1 aromatic carbocycles. The third-order valence-electron chi connectivity index (χ3n) is 3.54. The summed E-state index contributed by atoms with van der Waals surface area (Å²) >= 11 is 3.25. The first-order valence-corrected chi connectivity index (χ1v) is 7.35. The molecule has 1 saturated heterocycles. The SMILES string of the molecule is Cl.NCCC1CCCN(C(=O)c2ccc(F)cc2Br)C1. The average Bonchev–Trinajstić information content (AvgIpc) is 2.39. The highest BCUT2D eigenvalue weighted by Crippen LogP contribution is 2.24. The molecule has 3 nitrogen and oxygen atoms in total. The zero-order chi connectivity index (χ0) is 13.8. The van der Waals surface area contributed by atoms with Crippen LogP contribution < -0.4 is 5.73 Å². The lowest BCUT2D eigenvalue weighted by molar-refractivity contribution is 0.0668. The molecule has 2 N–H and O–H groups in total. The first kappa shape index (κ1) is 17.4. The fraction of sp³-hybridized carbons (Fsp3) is 0.500. The van der Waals surface area contributed by atoms with Crippen LogP contribution in [0.2, 0.25) is 0 Å². The summed E-state index contributed by atoms with van der Waals surface area (Å²) in [6, 6.07) is 4.18. The highest BCUT2D eigenvalue weighted by molar-refractivity contribution is 9.10. The van der Waals surface area contributed by atoms with Gasteiger partial charge in [0.15, 0.2) is 0 Å². The monoisotopic (exact) mass is 364 g/mol. The maximum Gasteiger partial charge on any atom is 0.255 e. The van der Waals surface area contributed by atoms with Crippen LogP contribution in [0.5, 0.6) is 0 Å². The Labute approximate surface area is 133 Å². The van der Waals surface area contributed by atoms with Gasteiger partial charge >= 0.3 is 0 Å². The molecule has 0 aliphatic carbocycles. The van der Waals surface area contributed by atoms with Gasteiger partial charge < -0.3 is 10.6 Å². The quantitative estimate of drug-likeness (QED) is 0.894. The minimum absolute atomic E-state index is 0. The van der Waals surface area contributed by atoms with E-state index in [1.165, 1.54) is 18.2 Å². The standard InChI is InChI=1S/C14H18BrFN2O.ClH/c15-13-8-11(16)3-4-12(13)14(19)18-7-1-2-10(9-18)5-6-17;/h3-4,8,10H,1-2,5-7,9,17H2;1H. The van der Waals surface area contributed by atoms with Gasteiger partial charge in [-0.3, -0.25) is 4.79 Å². The molecule has 0 aromatic heterocycles. The number of nitrogens with two attached hydrogens (primary N) is 1. The van der Waals surface area contributed by atoms with Crippen LogP contribution in [-0.4, -0.2) is 30.4 Å². The minimum Gasteiger partial charge on any atom is -0.338 e. The molecule has 1 heterocycles. The summed E-state index contributed by atoms with van der Waals surface area (Å²) in [5.74, 6) is 0.110. The average molecular weight is 366 g/mol. The first-order chi connectivity index (χ1) is 9.11. The zero-order valence-corrected chi connectivity index (χ0v) is 13.6. The molecule has 0 radical (unpaired) electrons. The van der Waals surface area contributed by atoms with Crippen LogP contribution in [0.4, 0.5) is 4.39 Å². The van der Waals surface area contributed by atoms with Crippen molar-refractivity contribution in [3.05, 3.63) is 34.1 Å². The summed E-state index contributed by atoms with van der Waals surface area (Å²) < 4.78 is 13.6. The van der Waals surface area contributed by atoms with Gasteiger partial charge in [0.25, 0.3) is 5.91 Å². The van der Waals surface area contributed by atoms with Gasteiger partial charge in [-0.2, -0.15) is 0 Å². The van der Waals surface area contributed by atoms with Crippen molar-refractivity contribution in [2.24, 2.45) is 11.7 Å². The fourth-order valence-electron chi connectivity index (χ4n) is 2.55. The van der Waals surface area contributed by atoms with E-state index in [1.54, 1.807) is 0 Å². The lowest BCUT2D eigenvalue weighted by atomic mass is 9.94. The van der Waals surface area contributed by atoms with E-state index in [0.717, 1.165) is 32.4 Å². The van der Waals surface area contributed by atoms with E-state index in [1.807, 2.05) is 4.90 Å². The van der Waals surface area contributed by atoms with Gasteiger partial charge in [0.1, 0.15) is 5.82 Å². The summed E-state index contributed by atoms with van der Waals surface area (Å²) in [5, 5.41) is 0. The second-order valence-electron chi connectivity index (χ2n) is 4.96. The number of hydrogen-bond donors (Lipinski definition) is 1. The molecule has 2 rings (SSSR count). The smallest absolute Gasteiger partial charge is 0.255 e. The van der Waals surface area contributed by atoms with Gasteiger partial charge in [-0.1, -0.05) is 0 Å². The number of piperidine rings is 1. The lowest BCUT2D eigenvalue weighted by Crippen LogP contribution is -2.40. The summed E-state index contributed by atoms with van der Waals surface area (Å²) in [6.07, 6.45) is 3.09. The van der Waals surface area contributed by atoms with Gasteiger partial charge in [0.05, 0.1) is 5.56 Å². The first-order valence-electron chi connectivity index (χ1n) is 6.56. The Morgan fingerprint density at radius 2 is 2.25 bits per heavy atom. The van der Waals surface area contributed by atoms with Gasteiger partial charge in [-0.15, -0.1) is 12.4 Å². The molecule has 1 aliphatic rings. The second kappa shape index (κ2) is 7.96. The van der Waals surface area contributed by atoms with Crippen LogP contribution in [0.3, 0.4) is 0 Å². The number of amides is 1. The number of nitrogens with zero attached hydrogens (tertiary/aromatic N) is 1. The zero-order valence-electron chi connectivity index (χ0n) is 11.1. The maximum absolute atomic E-state index is 13.0. The molecule has 0 bridgehead atoms. The van der Waals surface area contributed by atoms with Crippen LogP contribution in [-0.2, 0) is 0 Å². The fourth-order valence-corrected chi connectivity index (χ4v) is 3.07. The predicted octanol–water partition coefficient (Wildman–Crippen LogP) is 3.21. The molecular weight excluding hydrogens is 347 g/mol. The summed E-state index contributed by atoms with van der Waals surface area (Å²) in [7, 11) is 0. The van der Waals surface area contributed by atoms with E-state index in [-0.39, 0.29) is 24.1 Å². The van der Waals surface area contributed by atoms with E-state index in [4.69, 9.17) is 5.73 Å². The van der Waals surface area contributed by atoms with E-state index in [2.05, 4.69) is 15.9 Å². The van der Waals surface area contributed by atoms with E-state index >= 15 is 0 Å². The van der Waals surface area contributed by atoms with Crippen molar-refractivity contribution >= 4 is 34.2 Å². The van der Waals surface area contributed by atoms with Crippen molar-refractivity contribution in [3.8, 4) is 0 Å². The summed E-state index contributed by atoms with van der Waals surface area (Å²) in [6.45, 7) is 2.18. The van der Waals surface area contributed by atoms with Crippen LogP contribution in [0, 0.1) is 11.7 Å². The second-order valence-corrected chi connectivity index (χ2v) is 5.82. The number of halogens is 3. The van der Waals surface area contributed by atoms with Crippen molar-refractivity contribution < 1.29 is 9.18 Å². The molecule has 0 spiro atoms. The molecular formula is C14H19BrClFN2O. The molecule has 20 heavy (non-hydrogen) atoms. The van der Waals surface area contributed by atoms with E-state index < -0.39 is 0 Å². The third kappa shape index (κ3) is 4.17. The molecule has 0 saturated carbocycles. The topological polar surface area (TPSA) is 46.3 Å². The maximum atomic E-state index is 13.0. The Morgan fingerprint density at radius 1 is 1.50 bits per heavy atom. The van der Waals surface area contributed by atoms with Crippen LogP contribution >= 0.6 is 28.3 Å². The van der Waals surface area contributed by atoms with Crippen molar-refractivity contribution in [3.63, 3.8) is 0 Å². The number of likely N-dealkylation sites (tertiary alicyclic amines) is 1. The summed E-state index contributed by atoms with van der Waals surface area (Å²) in [5.41, 5.74) is 6.10. The van der Waals surface area contributed by atoms with Crippen LogP contribution in [0.15, 0.2) is 22.7 Å². The minimum atomic E-state index is -0.344. The Bertz CT molecular complexity index is 470. The Balaban J connectivity index is 0.00000200. The number of hydrogen-bond acceptors (Lipinski definition) is 2. The largest absolute Gasteiger partial charge is 0.338 e. The highest BCUT2D eigenvalue weighted by atomic mass is 79.9. The lowest BCUT2D eigenvalue weighted by Gasteiger charge is -2.33. The highest BCUT2D eigenvalue weighted by Gasteiger charge is 2.25. The van der Waals surface area contributed by atoms with E-state index in [9.17, 15) is 9.18 Å². The molecule has 1 aromatic rings.